The summed E-state index contributed by atoms with van der Waals surface area (Å²) < 4.78 is 0. The number of carbonyl (C=O) groups excluding carboxylic acids is 1. The van der Waals surface area contributed by atoms with Gasteiger partial charge in [0.15, 0.2) is 0 Å². The zero-order chi connectivity index (χ0) is 23.3. The van der Waals surface area contributed by atoms with E-state index in [1.807, 2.05) is 39.0 Å². The number of benzene rings is 2. The van der Waals surface area contributed by atoms with E-state index in [2.05, 4.69) is 18.8 Å². The molecule has 0 aliphatic carbocycles. The van der Waals surface area contributed by atoms with Crippen LogP contribution in [0, 0.1) is 6.92 Å². The molecule has 0 heterocycles. The Bertz CT molecular complexity index is 964. The molecule has 1 unspecified atom stereocenters. The van der Waals surface area contributed by atoms with E-state index in [0.717, 1.165) is 47.1 Å². The number of amides is 2. The van der Waals surface area contributed by atoms with E-state index in [-0.39, 0.29) is 17.5 Å². The minimum absolute atomic E-state index is 0.00570. The minimum atomic E-state index is -0.427. The molecule has 0 aromatic heterocycles. The Labute approximate surface area is 186 Å². The highest BCUT2D eigenvalue weighted by molar-refractivity contribution is 5.87. The minimum Gasteiger partial charge on any atom is -0.507 e. The SMILES string of the molecule is C=C(C)c1ccc(C)cc1-c1c(O)cc(CCCCC)c(C(C)NC(=O)N(C)C)c1O. The quantitative estimate of drug-likeness (QED) is 0.444. The average molecular weight is 425 g/mol. The number of rotatable bonds is 8. The maximum atomic E-state index is 12.3. The van der Waals surface area contributed by atoms with Crippen LogP contribution in [0.15, 0.2) is 30.8 Å². The number of phenols is 2. The summed E-state index contributed by atoms with van der Waals surface area (Å²) in [5, 5.41) is 25.3. The summed E-state index contributed by atoms with van der Waals surface area (Å²) in [6.07, 6.45) is 3.79. The van der Waals surface area contributed by atoms with E-state index in [0.29, 0.717) is 17.5 Å². The first-order valence-electron chi connectivity index (χ1n) is 10.9. The summed E-state index contributed by atoms with van der Waals surface area (Å²) in [5.74, 6) is 0.0399. The Morgan fingerprint density at radius 3 is 2.45 bits per heavy atom. The van der Waals surface area contributed by atoms with Crippen molar-refractivity contribution in [2.75, 3.05) is 14.1 Å². The number of aromatic hydroxyl groups is 2. The molecule has 2 rings (SSSR count). The van der Waals surface area contributed by atoms with Gasteiger partial charge in [-0.3, -0.25) is 0 Å². The molecule has 2 aromatic carbocycles. The Morgan fingerprint density at radius 1 is 1.19 bits per heavy atom. The van der Waals surface area contributed by atoms with Gasteiger partial charge < -0.3 is 20.4 Å². The average Bonchev–Trinajstić information content (AvgIpc) is 2.67. The predicted octanol–water partition coefficient (Wildman–Crippen LogP) is 6.17. The lowest BCUT2D eigenvalue weighted by molar-refractivity contribution is 0.214. The molecule has 0 saturated heterocycles. The highest BCUT2D eigenvalue weighted by Gasteiger charge is 2.25. The molecule has 0 radical (unpaired) electrons. The van der Waals surface area contributed by atoms with Gasteiger partial charge in [0.2, 0.25) is 0 Å². The fourth-order valence-electron chi connectivity index (χ4n) is 3.87. The Kier molecular flexibility index (Phi) is 8.14. The van der Waals surface area contributed by atoms with Crippen LogP contribution in [-0.2, 0) is 6.42 Å². The van der Waals surface area contributed by atoms with Crippen molar-refractivity contribution in [2.45, 2.75) is 59.4 Å². The van der Waals surface area contributed by atoms with Gasteiger partial charge in [0.25, 0.3) is 0 Å². The second-order valence-corrected chi connectivity index (χ2v) is 8.54. The number of phenolic OH excluding ortho intramolecular Hbond substituents is 2. The smallest absolute Gasteiger partial charge is 0.317 e. The van der Waals surface area contributed by atoms with Gasteiger partial charge in [-0.05, 0) is 56.4 Å². The molecule has 168 valence electrons. The van der Waals surface area contributed by atoms with Gasteiger partial charge in [0.1, 0.15) is 11.5 Å². The molecule has 5 heteroatoms. The molecule has 0 bridgehead atoms. The molecule has 3 N–H and O–H groups in total. The monoisotopic (exact) mass is 424 g/mol. The second kappa shape index (κ2) is 10.4. The van der Waals surface area contributed by atoms with Crippen molar-refractivity contribution < 1.29 is 15.0 Å². The van der Waals surface area contributed by atoms with Crippen LogP contribution in [0.25, 0.3) is 16.7 Å². The summed E-state index contributed by atoms with van der Waals surface area (Å²) in [4.78, 5) is 13.8. The molecule has 0 aliphatic heterocycles. The summed E-state index contributed by atoms with van der Waals surface area (Å²) in [5.41, 5.74) is 5.33. The lowest BCUT2D eigenvalue weighted by atomic mass is 9.87. The van der Waals surface area contributed by atoms with Crippen molar-refractivity contribution in [3.63, 3.8) is 0 Å². The standard InChI is InChI=1S/C26H36N2O3/c1-8-9-10-11-19-15-22(29)24(21-14-17(4)12-13-20(21)16(2)3)25(30)23(19)18(5)27-26(31)28(6)7/h12-15,18,29-30H,2,8-11H2,1,3-7H3,(H,27,31). The van der Waals surface area contributed by atoms with E-state index in [4.69, 9.17) is 0 Å². The molecule has 0 spiro atoms. The van der Waals surface area contributed by atoms with Crippen LogP contribution in [0.5, 0.6) is 11.5 Å². The van der Waals surface area contributed by atoms with Gasteiger partial charge in [-0.15, -0.1) is 0 Å². The van der Waals surface area contributed by atoms with Crippen LogP contribution in [0.1, 0.15) is 68.3 Å². The van der Waals surface area contributed by atoms with Gasteiger partial charge in [0.05, 0.1) is 11.6 Å². The number of carbonyl (C=O) groups is 1. The van der Waals surface area contributed by atoms with Gasteiger partial charge in [-0.2, -0.15) is 0 Å². The third-order valence-electron chi connectivity index (χ3n) is 5.54. The first-order valence-corrected chi connectivity index (χ1v) is 10.9. The molecule has 0 saturated carbocycles. The number of nitrogens with zero attached hydrogens (tertiary/aromatic N) is 1. The lowest BCUT2D eigenvalue weighted by Crippen LogP contribution is -2.36. The van der Waals surface area contributed by atoms with Gasteiger partial charge in [-0.1, -0.05) is 55.7 Å². The Hall–Kier alpha value is -2.95. The largest absolute Gasteiger partial charge is 0.507 e. The fourth-order valence-corrected chi connectivity index (χ4v) is 3.87. The normalized spacial score (nSPS) is 11.8. The highest BCUT2D eigenvalue weighted by atomic mass is 16.3. The zero-order valence-corrected chi connectivity index (χ0v) is 19.7. The molecule has 5 nitrogen and oxygen atoms in total. The van der Waals surface area contributed by atoms with Crippen LogP contribution >= 0.6 is 0 Å². The van der Waals surface area contributed by atoms with Crippen LogP contribution in [0.4, 0.5) is 4.79 Å². The third kappa shape index (κ3) is 5.60. The summed E-state index contributed by atoms with van der Waals surface area (Å²) in [7, 11) is 3.36. The Morgan fingerprint density at radius 2 is 1.87 bits per heavy atom. The van der Waals surface area contributed by atoms with Crippen molar-refractivity contribution in [3.8, 4) is 22.6 Å². The number of hydrogen-bond acceptors (Lipinski definition) is 3. The summed E-state index contributed by atoms with van der Waals surface area (Å²) >= 11 is 0. The topological polar surface area (TPSA) is 72.8 Å². The van der Waals surface area contributed by atoms with E-state index in [1.165, 1.54) is 4.90 Å². The van der Waals surface area contributed by atoms with Gasteiger partial charge >= 0.3 is 6.03 Å². The van der Waals surface area contributed by atoms with Crippen molar-refractivity contribution in [2.24, 2.45) is 0 Å². The number of unbranched alkanes of at least 4 members (excludes halogenated alkanes) is 2. The molecule has 0 aliphatic rings. The summed E-state index contributed by atoms with van der Waals surface area (Å²) in [6, 6.07) is 6.97. The molecular weight excluding hydrogens is 388 g/mol. The highest BCUT2D eigenvalue weighted by Crippen LogP contribution is 2.46. The molecule has 31 heavy (non-hydrogen) atoms. The fraction of sp³-hybridized carbons (Fsp3) is 0.423. The van der Waals surface area contributed by atoms with Crippen molar-refractivity contribution >= 4 is 11.6 Å². The van der Waals surface area contributed by atoms with Crippen molar-refractivity contribution in [1.82, 2.24) is 10.2 Å². The first kappa shape index (κ1) is 24.3. The van der Waals surface area contributed by atoms with Crippen molar-refractivity contribution in [3.05, 3.63) is 53.1 Å². The second-order valence-electron chi connectivity index (χ2n) is 8.54. The predicted molar refractivity (Wildman–Crippen MR) is 129 cm³/mol. The van der Waals surface area contributed by atoms with Gasteiger partial charge in [-0.25, -0.2) is 4.79 Å². The molecule has 0 fully saturated rings. The van der Waals surface area contributed by atoms with E-state index in [1.54, 1.807) is 20.2 Å². The van der Waals surface area contributed by atoms with E-state index < -0.39 is 6.04 Å². The number of urea groups is 1. The van der Waals surface area contributed by atoms with E-state index >= 15 is 0 Å². The number of hydrogen-bond donors (Lipinski definition) is 3. The lowest BCUT2D eigenvalue weighted by Gasteiger charge is -2.24. The number of aryl methyl sites for hydroxylation is 2. The number of allylic oxidation sites excluding steroid dienone is 1. The molecule has 2 aromatic rings. The Balaban J connectivity index is 2.71. The first-order chi connectivity index (χ1) is 14.6. The van der Waals surface area contributed by atoms with Gasteiger partial charge in [0, 0.05) is 19.7 Å². The molecular formula is C26H36N2O3. The summed E-state index contributed by atoms with van der Waals surface area (Å²) in [6.45, 7) is 11.9. The van der Waals surface area contributed by atoms with E-state index in [9.17, 15) is 15.0 Å². The number of nitrogens with one attached hydrogen (secondary N) is 1. The van der Waals surface area contributed by atoms with Crippen LogP contribution in [-0.4, -0.2) is 35.2 Å². The van der Waals surface area contributed by atoms with Crippen LogP contribution < -0.4 is 5.32 Å². The van der Waals surface area contributed by atoms with Crippen molar-refractivity contribution in [1.29, 1.82) is 0 Å². The molecule has 2 amide bonds. The van der Waals surface area contributed by atoms with Crippen LogP contribution in [0.3, 0.4) is 0 Å². The van der Waals surface area contributed by atoms with Crippen LogP contribution in [0.2, 0.25) is 0 Å². The zero-order valence-electron chi connectivity index (χ0n) is 19.7. The maximum absolute atomic E-state index is 12.3. The molecule has 1 atom stereocenters. The maximum Gasteiger partial charge on any atom is 0.317 e. The third-order valence-corrected chi connectivity index (χ3v) is 5.54.